The van der Waals surface area contributed by atoms with E-state index in [2.05, 4.69) is 21.2 Å². The Balaban J connectivity index is 2.25. The van der Waals surface area contributed by atoms with E-state index in [1.54, 1.807) is 36.4 Å². The van der Waals surface area contributed by atoms with Gasteiger partial charge in [0.2, 0.25) is 0 Å². The predicted molar refractivity (Wildman–Crippen MR) is 85.1 cm³/mol. The van der Waals surface area contributed by atoms with E-state index in [4.69, 9.17) is 27.9 Å². The minimum absolute atomic E-state index is 0.305. The van der Waals surface area contributed by atoms with E-state index in [-0.39, 0.29) is 5.91 Å². The lowest BCUT2D eigenvalue weighted by Gasteiger charge is -2.09. The normalized spacial score (nSPS) is 10.2. The number of methoxy groups -OCH3 is 1. The maximum Gasteiger partial charge on any atom is 0.257 e. The highest BCUT2D eigenvalue weighted by molar-refractivity contribution is 9.10. The molecule has 1 N–H and O–H groups in total. The molecule has 20 heavy (non-hydrogen) atoms. The minimum atomic E-state index is -0.305. The Morgan fingerprint density at radius 1 is 1.15 bits per heavy atom. The summed E-state index contributed by atoms with van der Waals surface area (Å²) in [7, 11) is 1.51. The first-order chi connectivity index (χ1) is 9.51. The van der Waals surface area contributed by atoms with Crippen molar-refractivity contribution in [1.82, 2.24) is 0 Å². The van der Waals surface area contributed by atoms with E-state index in [0.717, 1.165) is 4.47 Å². The highest BCUT2D eigenvalue weighted by Gasteiger charge is 2.12. The van der Waals surface area contributed by atoms with E-state index in [1.165, 1.54) is 7.11 Å². The summed E-state index contributed by atoms with van der Waals surface area (Å²) in [6.07, 6.45) is 0. The molecular formula is C14H10BrCl2NO2. The summed E-state index contributed by atoms with van der Waals surface area (Å²) in [6.45, 7) is 0. The average molecular weight is 375 g/mol. The fourth-order valence-electron chi connectivity index (χ4n) is 1.61. The Hall–Kier alpha value is -1.23. The molecule has 0 aliphatic rings. The number of benzene rings is 2. The molecular weight excluding hydrogens is 365 g/mol. The van der Waals surface area contributed by atoms with Gasteiger partial charge in [0.25, 0.3) is 5.91 Å². The van der Waals surface area contributed by atoms with Crippen LogP contribution in [0, 0.1) is 0 Å². The SMILES string of the molecule is COc1cc(NC(=O)c2cc(Br)ccc2Cl)ccc1Cl. The lowest BCUT2D eigenvalue weighted by molar-refractivity contribution is 0.102. The Kier molecular flexibility index (Phi) is 4.91. The number of carbonyl (C=O) groups is 1. The van der Waals surface area contributed by atoms with Crippen molar-refractivity contribution in [1.29, 1.82) is 0 Å². The Morgan fingerprint density at radius 3 is 2.55 bits per heavy atom. The molecule has 0 fully saturated rings. The van der Waals surface area contributed by atoms with E-state index in [0.29, 0.717) is 27.0 Å². The largest absolute Gasteiger partial charge is 0.495 e. The maximum atomic E-state index is 12.2. The second kappa shape index (κ2) is 6.48. The third-order valence-corrected chi connectivity index (χ3v) is 3.72. The molecule has 2 aromatic rings. The molecule has 104 valence electrons. The van der Waals surface area contributed by atoms with E-state index < -0.39 is 0 Å². The number of nitrogens with one attached hydrogen (secondary N) is 1. The summed E-state index contributed by atoms with van der Waals surface area (Å²) in [4.78, 5) is 12.2. The first-order valence-electron chi connectivity index (χ1n) is 5.61. The molecule has 0 heterocycles. The van der Waals surface area contributed by atoms with Crippen LogP contribution in [0.3, 0.4) is 0 Å². The monoisotopic (exact) mass is 373 g/mol. The van der Waals surface area contributed by atoms with E-state index in [1.807, 2.05) is 0 Å². The van der Waals surface area contributed by atoms with Crippen molar-refractivity contribution >= 4 is 50.7 Å². The Labute approximate surface area is 135 Å². The van der Waals surface area contributed by atoms with Gasteiger partial charge in [0.15, 0.2) is 0 Å². The van der Waals surface area contributed by atoms with Crippen molar-refractivity contribution < 1.29 is 9.53 Å². The average Bonchev–Trinajstić information content (AvgIpc) is 2.43. The standard InChI is InChI=1S/C14H10BrCl2NO2/c1-20-13-7-9(3-5-12(13)17)18-14(19)10-6-8(15)2-4-11(10)16/h2-7H,1H3,(H,18,19). The van der Waals surface area contributed by atoms with Crippen LogP contribution < -0.4 is 10.1 Å². The van der Waals surface area contributed by atoms with Crippen LogP contribution in [-0.4, -0.2) is 13.0 Å². The fourth-order valence-corrected chi connectivity index (χ4v) is 2.37. The van der Waals surface area contributed by atoms with Gasteiger partial charge in [-0.2, -0.15) is 0 Å². The van der Waals surface area contributed by atoms with Crippen molar-refractivity contribution in [3.63, 3.8) is 0 Å². The van der Waals surface area contributed by atoms with Crippen molar-refractivity contribution in [2.75, 3.05) is 12.4 Å². The molecule has 2 rings (SSSR count). The first kappa shape index (κ1) is 15.2. The van der Waals surface area contributed by atoms with Gasteiger partial charge in [0, 0.05) is 16.2 Å². The second-order valence-electron chi connectivity index (χ2n) is 3.93. The van der Waals surface area contributed by atoms with Gasteiger partial charge in [-0.05, 0) is 30.3 Å². The number of halogens is 3. The van der Waals surface area contributed by atoms with Gasteiger partial charge in [0.1, 0.15) is 5.75 Å². The van der Waals surface area contributed by atoms with Crippen LogP contribution >= 0.6 is 39.1 Å². The zero-order valence-electron chi connectivity index (χ0n) is 10.4. The number of ether oxygens (including phenoxy) is 1. The van der Waals surface area contributed by atoms with Gasteiger partial charge in [-0.3, -0.25) is 4.79 Å². The molecule has 0 aromatic heterocycles. The smallest absolute Gasteiger partial charge is 0.257 e. The molecule has 2 aromatic carbocycles. The van der Waals surface area contributed by atoms with Gasteiger partial charge in [-0.15, -0.1) is 0 Å². The number of hydrogen-bond acceptors (Lipinski definition) is 2. The van der Waals surface area contributed by atoms with E-state index >= 15 is 0 Å². The topological polar surface area (TPSA) is 38.3 Å². The summed E-state index contributed by atoms with van der Waals surface area (Å²) >= 11 is 15.3. The summed E-state index contributed by atoms with van der Waals surface area (Å²) < 4.78 is 5.88. The van der Waals surface area contributed by atoms with Crippen LogP contribution in [0.25, 0.3) is 0 Å². The van der Waals surface area contributed by atoms with Gasteiger partial charge < -0.3 is 10.1 Å². The van der Waals surface area contributed by atoms with Crippen LogP contribution in [0.4, 0.5) is 5.69 Å². The molecule has 0 atom stereocenters. The molecule has 0 radical (unpaired) electrons. The van der Waals surface area contributed by atoms with Gasteiger partial charge in [-0.1, -0.05) is 39.1 Å². The van der Waals surface area contributed by atoms with Gasteiger partial charge in [-0.25, -0.2) is 0 Å². The highest BCUT2D eigenvalue weighted by atomic mass is 79.9. The molecule has 0 unspecified atom stereocenters. The molecule has 0 saturated heterocycles. The van der Waals surface area contributed by atoms with Crippen LogP contribution in [0.15, 0.2) is 40.9 Å². The molecule has 0 aliphatic carbocycles. The summed E-state index contributed by atoms with van der Waals surface area (Å²) in [6, 6.07) is 10.1. The molecule has 6 heteroatoms. The molecule has 3 nitrogen and oxygen atoms in total. The number of amides is 1. The van der Waals surface area contributed by atoms with Crippen molar-refractivity contribution in [2.24, 2.45) is 0 Å². The fraction of sp³-hybridized carbons (Fsp3) is 0.0714. The van der Waals surface area contributed by atoms with Crippen LogP contribution in [0.1, 0.15) is 10.4 Å². The zero-order valence-corrected chi connectivity index (χ0v) is 13.5. The van der Waals surface area contributed by atoms with Gasteiger partial charge in [0.05, 0.1) is 22.7 Å². The van der Waals surface area contributed by atoms with Crippen molar-refractivity contribution in [2.45, 2.75) is 0 Å². The second-order valence-corrected chi connectivity index (χ2v) is 5.66. The molecule has 0 saturated carbocycles. The van der Waals surface area contributed by atoms with Crippen LogP contribution in [-0.2, 0) is 0 Å². The summed E-state index contributed by atoms with van der Waals surface area (Å²) in [5, 5.41) is 3.60. The van der Waals surface area contributed by atoms with E-state index in [9.17, 15) is 4.79 Å². The third kappa shape index (κ3) is 3.45. The summed E-state index contributed by atoms with van der Waals surface area (Å²) in [5.74, 6) is 0.186. The maximum absolute atomic E-state index is 12.2. The molecule has 0 aliphatic heterocycles. The number of carbonyl (C=O) groups excluding carboxylic acids is 1. The number of anilines is 1. The minimum Gasteiger partial charge on any atom is -0.495 e. The third-order valence-electron chi connectivity index (χ3n) is 2.58. The lowest BCUT2D eigenvalue weighted by atomic mass is 10.2. The molecule has 0 spiro atoms. The highest BCUT2D eigenvalue weighted by Crippen LogP contribution is 2.28. The zero-order chi connectivity index (χ0) is 14.7. The molecule has 0 bridgehead atoms. The Bertz CT molecular complexity index is 662. The number of hydrogen-bond donors (Lipinski definition) is 1. The Morgan fingerprint density at radius 2 is 1.85 bits per heavy atom. The van der Waals surface area contributed by atoms with Crippen molar-refractivity contribution in [3.8, 4) is 5.75 Å². The number of rotatable bonds is 3. The van der Waals surface area contributed by atoms with Gasteiger partial charge >= 0.3 is 0 Å². The van der Waals surface area contributed by atoms with Crippen molar-refractivity contribution in [3.05, 3.63) is 56.5 Å². The predicted octanol–water partition coefficient (Wildman–Crippen LogP) is 5.02. The lowest BCUT2D eigenvalue weighted by Crippen LogP contribution is -2.12. The summed E-state index contributed by atoms with van der Waals surface area (Å²) in [5.41, 5.74) is 0.960. The quantitative estimate of drug-likeness (QED) is 0.819. The van der Waals surface area contributed by atoms with Crippen LogP contribution in [0.2, 0.25) is 10.0 Å². The van der Waals surface area contributed by atoms with Crippen LogP contribution in [0.5, 0.6) is 5.75 Å². The first-order valence-corrected chi connectivity index (χ1v) is 7.16. The molecule has 1 amide bonds.